The quantitative estimate of drug-likeness (QED) is 0.892. The largest absolute Gasteiger partial charge is 0.480 e. The Morgan fingerprint density at radius 1 is 1.47 bits per heavy atom. The molecule has 0 radical (unpaired) electrons. The van der Waals surface area contributed by atoms with E-state index in [-0.39, 0.29) is 6.03 Å². The Morgan fingerprint density at radius 3 is 2.95 bits per heavy atom. The number of likely N-dealkylation sites (tertiary alicyclic amines) is 1. The minimum Gasteiger partial charge on any atom is -0.480 e. The molecule has 6 heteroatoms. The molecule has 0 bridgehead atoms. The van der Waals surface area contributed by atoms with Crippen molar-refractivity contribution in [3.8, 4) is 0 Å². The number of aliphatic carboxylic acids is 1. The highest BCUT2D eigenvalue weighted by molar-refractivity contribution is 6.30. The number of nitrogens with zero attached hydrogens (tertiary/aromatic N) is 1. The van der Waals surface area contributed by atoms with E-state index in [0.29, 0.717) is 24.5 Å². The third-order valence-electron chi connectivity index (χ3n) is 3.13. The molecule has 1 fully saturated rings. The summed E-state index contributed by atoms with van der Waals surface area (Å²) in [5, 5.41) is 12.3. The fourth-order valence-electron chi connectivity index (χ4n) is 2.19. The molecular formula is C13H15ClN2O3. The van der Waals surface area contributed by atoms with Gasteiger partial charge in [0.1, 0.15) is 6.04 Å². The number of hydrogen-bond acceptors (Lipinski definition) is 2. The van der Waals surface area contributed by atoms with Gasteiger partial charge in [-0.25, -0.2) is 9.59 Å². The van der Waals surface area contributed by atoms with E-state index >= 15 is 0 Å². The lowest BCUT2D eigenvalue weighted by Gasteiger charge is -2.21. The first-order chi connectivity index (χ1) is 9.08. The lowest BCUT2D eigenvalue weighted by atomic mass is 10.2. The maximum atomic E-state index is 11.9. The van der Waals surface area contributed by atoms with Crippen LogP contribution in [0.3, 0.4) is 0 Å². The van der Waals surface area contributed by atoms with Crippen LogP contribution in [0.15, 0.2) is 24.3 Å². The number of urea groups is 1. The number of carbonyl (C=O) groups excluding carboxylic acids is 1. The molecule has 102 valence electrons. The van der Waals surface area contributed by atoms with Crippen LogP contribution in [0.5, 0.6) is 0 Å². The van der Waals surface area contributed by atoms with E-state index in [1.807, 2.05) is 6.07 Å². The summed E-state index contributed by atoms with van der Waals surface area (Å²) in [6.07, 6.45) is 1.24. The van der Waals surface area contributed by atoms with Crippen molar-refractivity contribution in [1.82, 2.24) is 10.2 Å². The minimum atomic E-state index is -0.949. The highest BCUT2D eigenvalue weighted by atomic mass is 35.5. The summed E-state index contributed by atoms with van der Waals surface area (Å²) < 4.78 is 0. The summed E-state index contributed by atoms with van der Waals surface area (Å²) in [5.74, 6) is -0.949. The van der Waals surface area contributed by atoms with Crippen molar-refractivity contribution in [2.75, 3.05) is 6.54 Å². The van der Waals surface area contributed by atoms with Crippen molar-refractivity contribution in [2.24, 2.45) is 0 Å². The van der Waals surface area contributed by atoms with Gasteiger partial charge in [0, 0.05) is 18.1 Å². The van der Waals surface area contributed by atoms with E-state index in [1.54, 1.807) is 18.2 Å². The molecule has 5 nitrogen and oxygen atoms in total. The van der Waals surface area contributed by atoms with Crippen molar-refractivity contribution in [1.29, 1.82) is 0 Å². The molecule has 1 aliphatic rings. The number of rotatable bonds is 3. The Hall–Kier alpha value is -1.75. The van der Waals surface area contributed by atoms with Gasteiger partial charge in [0.15, 0.2) is 0 Å². The normalized spacial score (nSPS) is 18.4. The Kier molecular flexibility index (Phi) is 4.27. The van der Waals surface area contributed by atoms with Crippen molar-refractivity contribution in [3.05, 3.63) is 34.9 Å². The summed E-state index contributed by atoms with van der Waals surface area (Å²) >= 11 is 5.85. The van der Waals surface area contributed by atoms with Crippen LogP contribution in [0.25, 0.3) is 0 Å². The SMILES string of the molecule is O=C(O)[C@@H]1CCCN1C(=O)NCc1cccc(Cl)c1. The van der Waals surface area contributed by atoms with E-state index in [2.05, 4.69) is 5.32 Å². The van der Waals surface area contributed by atoms with Gasteiger partial charge in [-0.1, -0.05) is 23.7 Å². The first kappa shape index (κ1) is 13.7. The number of halogens is 1. The number of amides is 2. The number of nitrogens with one attached hydrogen (secondary N) is 1. The Bertz CT molecular complexity index is 493. The standard InChI is InChI=1S/C13H15ClN2O3/c14-10-4-1-3-9(7-10)8-15-13(19)16-6-2-5-11(16)12(17)18/h1,3-4,7,11H,2,5-6,8H2,(H,15,19)(H,17,18)/t11-/m0/s1. The smallest absolute Gasteiger partial charge is 0.326 e. The predicted molar refractivity (Wildman–Crippen MR) is 71.1 cm³/mol. The van der Waals surface area contributed by atoms with Gasteiger partial charge in [-0.05, 0) is 30.5 Å². The van der Waals surface area contributed by atoms with Crippen LogP contribution < -0.4 is 5.32 Å². The highest BCUT2D eigenvalue weighted by Crippen LogP contribution is 2.17. The minimum absolute atomic E-state index is 0.336. The van der Waals surface area contributed by atoms with E-state index in [9.17, 15) is 9.59 Å². The van der Waals surface area contributed by atoms with Gasteiger partial charge < -0.3 is 15.3 Å². The summed E-state index contributed by atoms with van der Waals surface area (Å²) in [6.45, 7) is 0.820. The molecule has 1 aromatic rings. The van der Waals surface area contributed by atoms with Crippen LogP contribution in [0.2, 0.25) is 5.02 Å². The molecule has 0 unspecified atom stereocenters. The van der Waals surface area contributed by atoms with Gasteiger partial charge in [-0.3, -0.25) is 0 Å². The molecule has 2 N–H and O–H groups in total. The van der Waals surface area contributed by atoms with Crippen molar-refractivity contribution >= 4 is 23.6 Å². The molecule has 2 rings (SSSR count). The lowest BCUT2D eigenvalue weighted by molar-refractivity contribution is -0.141. The maximum absolute atomic E-state index is 11.9. The molecule has 1 saturated heterocycles. The fourth-order valence-corrected chi connectivity index (χ4v) is 2.41. The monoisotopic (exact) mass is 282 g/mol. The molecule has 1 heterocycles. The van der Waals surface area contributed by atoms with Gasteiger partial charge in [-0.2, -0.15) is 0 Å². The van der Waals surface area contributed by atoms with Crippen LogP contribution >= 0.6 is 11.6 Å². The van der Waals surface area contributed by atoms with Crippen molar-refractivity contribution < 1.29 is 14.7 Å². The topological polar surface area (TPSA) is 69.6 Å². The summed E-state index contributed by atoms with van der Waals surface area (Å²) in [5.41, 5.74) is 0.881. The molecule has 0 aliphatic carbocycles. The second kappa shape index (κ2) is 5.93. The number of hydrogen-bond donors (Lipinski definition) is 2. The van der Waals surface area contributed by atoms with E-state index in [4.69, 9.17) is 16.7 Å². The van der Waals surface area contributed by atoms with Gasteiger partial charge in [0.2, 0.25) is 0 Å². The van der Waals surface area contributed by atoms with Gasteiger partial charge in [0.25, 0.3) is 0 Å². The fraction of sp³-hybridized carbons (Fsp3) is 0.385. The van der Waals surface area contributed by atoms with Crippen LogP contribution in [0.1, 0.15) is 18.4 Å². The van der Waals surface area contributed by atoms with Crippen LogP contribution in [-0.4, -0.2) is 34.6 Å². The highest BCUT2D eigenvalue weighted by Gasteiger charge is 2.33. The number of carboxylic acids is 1. The Morgan fingerprint density at radius 2 is 2.26 bits per heavy atom. The van der Waals surface area contributed by atoms with Crippen molar-refractivity contribution in [2.45, 2.75) is 25.4 Å². The first-order valence-corrected chi connectivity index (χ1v) is 6.47. The van der Waals surface area contributed by atoms with Crippen molar-refractivity contribution in [3.63, 3.8) is 0 Å². The van der Waals surface area contributed by atoms with Gasteiger partial charge >= 0.3 is 12.0 Å². The first-order valence-electron chi connectivity index (χ1n) is 6.09. The average Bonchev–Trinajstić information content (AvgIpc) is 2.85. The summed E-state index contributed by atoms with van der Waals surface area (Å²) in [4.78, 5) is 24.3. The lowest BCUT2D eigenvalue weighted by Crippen LogP contribution is -2.45. The summed E-state index contributed by atoms with van der Waals surface area (Å²) in [6, 6.07) is 6.13. The molecule has 0 spiro atoms. The molecule has 2 amide bonds. The number of carbonyl (C=O) groups is 2. The van der Waals surface area contributed by atoms with Crippen LogP contribution in [-0.2, 0) is 11.3 Å². The zero-order chi connectivity index (χ0) is 13.8. The molecular weight excluding hydrogens is 268 g/mol. The number of benzene rings is 1. The zero-order valence-electron chi connectivity index (χ0n) is 10.3. The zero-order valence-corrected chi connectivity index (χ0v) is 11.1. The maximum Gasteiger partial charge on any atom is 0.326 e. The average molecular weight is 283 g/mol. The molecule has 1 aromatic carbocycles. The molecule has 0 saturated carbocycles. The second-order valence-corrected chi connectivity index (χ2v) is 4.91. The van der Waals surface area contributed by atoms with Gasteiger partial charge in [-0.15, -0.1) is 0 Å². The third-order valence-corrected chi connectivity index (χ3v) is 3.37. The predicted octanol–water partition coefficient (Wildman–Crippen LogP) is 2.10. The second-order valence-electron chi connectivity index (χ2n) is 4.48. The summed E-state index contributed by atoms with van der Waals surface area (Å²) in [7, 11) is 0. The van der Waals surface area contributed by atoms with E-state index in [0.717, 1.165) is 12.0 Å². The Labute approximate surface area is 116 Å². The third kappa shape index (κ3) is 3.38. The van der Waals surface area contributed by atoms with Crippen LogP contribution in [0.4, 0.5) is 4.79 Å². The molecule has 0 aromatic heterocycles. The number of carboxylic acid groups (broad SMARTS) is 1. The van der Waals surface area contributed by atoms with Crippen LogP contribution in [0, 0.1) is 0 Å². The molecule has 1 atom stereocenters. The van der Waals surface area contributed by atoms with E-state index < -0.39 is 12.0 Å². The Balaban J connectivity index is 1.92. The molecule has 1 aliphatic heterocycles. The van der Waals surface area contributed by atoms with Gasteiger partial charge in [0.05, 0.1) is 0 Å². The molecule has 19 heavy (non-hydrogen) atoms. The van der Waals surface area contributed by atoms with E-state index in [1.165, 1.54) is 4.90 Å².